The van der Waals surface area contributed by atoms with Gasteiger partial charge < -0.3 is 36.8 Å². The second-order valence-electron chi connectivity index (χ2n) is 19.4. The second kappa shape index (κ2) is 24.4. The van der Waals surface area contributed by atoms with Crippen molar-refractivity contribution in [2.75, 3.05) is 25.4 Å². The Bertz CT molecular complexity index is 2530. The number of ketones is 1. The van der Waals surface area contributed by atoms with E-state index in [9.17, 15) is 24.6 Å². The van der Waals surface area contributed by atoms with Gasteiger partial charge in [-0.25, -0.2) is 4.98 Å². The largest absolute Gasteiger partial charge is 0.507 e. The number of amides is 2. The van der Waals surface area contributed by atoms with Crippen molar-refractivity contribution in [3.05, 3.63) is 137 Å². The fraction of sp³-hybridized carbons (Fsp3) is 0.418. The van der Waals surface area contributed by atoms with Gasteiger partial charge in [0, 0.05) is 56.3 Å². The number of anilines is 1. The Morgan fingerprint density at radius 1 is 0.928 bits per heavy atom. The molecule has 3 aromatic carbocycles. The van der Waals surface area contributed by atoms with Gasteiger partial charge in [0.05, 0.1) is 27.8 Å². The number of likely N-dealkylation sites (tertiary alicyclic amines) is 1. The molecule has 1 aliphatic rings. The molecule has 0 aliphatic carbocycles. The molecule has 2 atom stereocenters. The number of nitrogen functional groups attached to an aromatic ring is 1. The molecule has 5 aromatic rings. The highest BCUT2D eigenvalue weighted by atomic mass is 32.1. The van der Waals surface area contributed by atoms with Gasteiger partial charge in [-0.2, -0.15) is 0 Å². The molecule has 7 N–H and O–H groups in total. The Morgan fingerprint density at radius 2 is 1.59 bits per heavy atom. The molecule has 14 heteroatoms. The average molecular weight is 955 g/mol. The van der Waals surface area contributed by atoms with E-state index in [-0.39, 0.29) is 29.8 Å². The Balaban J connectivity index is 0.916. The van der Waals surface area contributed by atoms with Crippen molar-refractivity contribution in [2.45, 2.75) is 117 Å². The van der Waals surface area contributed by atoms with Crippen LogP contribution in [0.5, 0.6) is 5.75 Å². The molecule has 0 radical (unpaired) electrons. The third-order valence-electron chi connectivity index (χ3n) is 13.1. The summed E-state index contributed by atoms with van der Waals surface area (Å²) in [6.07, 6.45) is 7.60. The molecule has 0 unspecified atom stereocenters. The van der Waals surface area contributed by atoms with Crippen LogP contribution in [0.3, 0.4) is 0 Å². The van der Waals surface area contributed by atoms with E-state index in [1.54, 1.807) is 29.5 Å². The molecule has 2 amide bonds. The summed E-state index contributed by atoms with van der Waals surface area (Å²) in [5.74, 6) is -0.493. The van der Waals surface area contributed by atoms with Crippen LogP contribution in [0.25, 0.3) is 21.7 Å². The van der Waals surface area contributed by atoms with Crippen molar-refractivity contribution in [3.8, 4) is 27.4 Å². The van der Waals surface area contributed by atoms with Gasteiger partial charge in [0.2, 0.25) is 5.91 Å². The highest BCUT2D eigenvalue weighted by Crippen LogP contribution is 2.31. The Hall–Kier alpha value is -6.22. The number of phenols is 1. The highest BCUT2D eigenvalue weighted by Gasteiger charge is 2.39. The van der Waals surface area contributed by atoms with Crippen molar-refractivity contribution < 1.29 is 24.6 Å². The van der Waals surface area contributed by atoms with E-state index in [2.05, 4.69) is 49.2 Å². The van der Waals surface area contributed by atoms with Crippen LogP contribution in [0, 0.1) is 18.3 Å². The summed E-state index contributed by atoms with van der Waals surface area (Å²) in [4.78, 5) is 48.7. The van der Waals surface area contributed by atoms with Crippen LogP contribution in [-0.4, -0.2) is 79.2 Å². The number of para-hydroxylation sites is 1. The summed E-state index contributed by atoms with van der Waals surface area (Å²) in [5, 5.41) is 39.4. The summed E-state index contributed by atoms with van der Waals surface area (Å²) in [5.41, 5.74) is 14.0. The number of nitrogens with two attached hydrogens (primary N) is 1. The van der Waals surface area contributed by atoms with Gasteiger partial charge in [0.15, 0.2) is 5.78 Å². The van der Waals surface area contributed by atoms with Crippen LogP contribution >= 0.6 is 11.3 Å². The predicted octanol–water partition coefficient (Wildman–Crippen LogP) is 8.64. The zero-order valence-electron chi connectivity index (χ0n) is 40.7. The third kappa shape index (κ3) is 14.9. The van der Waals surface area contributed by atoms with Crippen LogP contribution < -0.4 is 21.7 Å². The quantitative estimate of drug-likeness (QED) is 0.0256. The molecular formula is C55H70N8O5S. The van der Waals surface area contributed by atoms with E-state index in [1.165, 1.54) is 0 Å². The lowest BCUT2D eigenvalue weighted by Gasteiger charge is -2.37. The first-order valence-electron chi connectivity index (χ1n) is 24.1. The number of unbranched alkanes of at least 4 members (excludes halogenated alkanes) is 1. The first kappa shape index (κ1) is 52.2. The smallest absolute Gasteiger partial charge is 0.252 e. The number of phenolic OH excluding ortho intramolecular Hbond substituents is 1. The Kier molecular flexibility index (Phi) is 18.4. The Morgan fingerprint density at radius 3 is 2.25 bits per heavy atom. The maximum Gasteiger partial charge on any atom is 0.252 e. The molecule has 1 saturated heterocycles. The van der Waals surface area contributed by atoms with Gasteiger partial charge in [-0.05, 0) is 116 Å². The minimum absolute atomic E-state index is 0.0285. The van der Waals surface area contributed by atoms with Gasteiger partial charge in [-0.1, -0.05) is 94.1 Å². The standard InChI is InChI=1S/C55H70N8O5S/c1-7-8-9-14-44(52(66)57-34-41-22-24-42(25-23-41)49-38(3)59-36-69-49)33-48(65)50(54(4,5)6)60-37(2)26-29-63-30-27-55(68,28-31-63)53(67)58-35-40-20-18-39(19-21-40)13-12-15-43-32-46(61-62-51(43)56)45-16-10-11-17-47(45)64/h7,10-11,16-25,32,36,44,50,60,64,68H,1-2,8-9,12-15,26-31,33-35H2,3-6H3,(H2,56,62)(H,57,66)(H,58,67)/t44-,50-/m1/s1. The Labute approximate surface area is 411 Å². The van der Waals surface area contributed by atoms with Crippen molar-refractivity contribution in [1.82, 2.24) is 36.0 Å². The first-order chi connectivity index (χ1) is 33.0. The maximum atomic E-state index is 14.1. The van der Waals surface area contributed by atoms with E-state index in [0.29, 0.717) is 81.9 Å². The highest BCUT2D eigenvalue weighted by molar-refractivity contribution is 7.13. The molecule has 1 fully saturated rings. The SMILES string of the molecule is C=CCCC[C@H](CC(=O)[C@@H](NC(=C)CCN1CCC(O)(C(=O)NCc2ccc(CCCc3cc(-c4ccccc4O)nnc3N)cc2)CC1)C(C)(C)C)C(=O)NCc1ccc(-c2scnc2C)cc1. The molecule has 6 rings (SSSR count). The van der Waals surface area contributed by atoms with Crippen molar-refractivity contribution in [2.24, 2.45) is 11.3 Å². The number of nitrogens with zero attached hydrogens (tertiary/aromatic N) is 4. The van der Waals surface area contributed by atoms with Crippen LogP contribution in [0.15, 0.2) is 109 Å². The number of allylic oxidation sites excluding steroid dienone is 1. The van der Waals surface area contributed by atoms with Gasteiger partial charge in [0.1, 0.15) is 17.2 Å². The number of aliphatic hydroxyl groups is 1. The maximum absolute atomic E-state index is 14.1. The minimum atomic E-state index is -1.46. The molecule has 0 saturated carbocycles. The van der Waals surface area contributed by atoms with Crippen LogP contribution in [0.1, 0.15) is 100 Å². The summed E-state index contributed by atoms with van der Waals surface area (Å²) in [7, 11) is 0. The number of aromatic nitrogens is 3. The number of aryl methyl sites for hydroxylation is 3. The number of piperidine rings is 1. The third-order valence-corrected chi connectivity index (χ3v) is 14.0. The lowest BCUT2D eigenvalue weighted by atomic mass is 9.80. The van der Waals surface area contributed by atoms with Crippen molar-refractivity contribution in [1.29, 1.82) is 0 Å². The summed E-state index contributed by atoms with van der Waals surface area (Å²) < 4.78 is 0. The van der Waals surface area contributed by atoms with Crippen molar-refractivity contribution >= 4 is 34.8 Å². The van der Waals surface area contributed by atoms with E-state index < -0.39 is 23.0 Å². The number of hydrogen-bond acceptors (Lipinski definition) is 12. The van der Waals surface area contributed by atoms with Gasteiger partial charge in [-0.3, -0.25) is 14.4 Å². The van der Waals surface area contributed by atoms with Crippen molar-refractivity contribution in [3.63, 3.8) is 0 Å². The number of thiazole rings is 1. The van der Waals surface area contributed by atoms with Crippen LogP contribution in [-0.2, 0) is 40.3 Å². The van der Waals surface area contributed by atoms with E-state index >= 15 is 0 Å². The topological polar surface area (TPSA) is 196 Å². The molecule has 69 heavy (non-hydrogen) atoms. The number of aromatic hydroxyl groups is 1. The fourth-order valence-corrected chi connectivity index (χ4v) is 9.53. The lowest BCUT2D eigenvalue weighted by molar-refractivity contribution is -0.144. The number of Topliss-reactive ketones (excluding diaryl/α,β-unsaturated/α-hetero) is 1. The number of benzene rings is 3. The molecule has 366 valence electrons. The number of hydrogen-bond donors (Lipinski definition) is 6. The molecule has 1 aliphatic heterocycles. The van der Waals surface area contributed by atoms with Gasteiger partial charge >= 0.3 is 0 Å². The zero-order valence-corrected chi connectivity index (χ0v) is 41.5. The molecular weight excluding hydrogens is 885 g/mol. The second-order valence-corrected chi connectivity index (χ2v) is 20.3. The summed E-state index contributed by atoms with van der Waals surface area (Å²) in [6.45, 7) is 18.6. The van der Waals surface area contributed by atoms with Gasteiger partial charge in [-0.15, -0.1) is 28.1 Å². The normalized spacial score (nSPS) is 14.6. The minimum Gasteiger partial charge on any atom is -0.507 e. The van der Waals surface area contributed by atoms with Gasteiger partial charge in [0.25, 0.3) is 5.91 Å². The molecule has 0 spiro atoms. The fourth-order valence-electron chi connectivity index (χ4n) is 8.72. The van der Waals surface area contributed by atoms with E-state index in [4.69, 9.17) is 5.73 Å². The van der Waals surface area contributed by atoms with E-state index in [0.717, 1.165) is 69.8 Å². The number of carbonyl (C=O) groups is 3. The monoisotopic (exact) mass is 955 g/mol. The first-order valence-corrected chi connectivity index (χ1v) is 25.0. The van der Waals surface area contributed by atoms with Crippen LogP contribution in [0.4, 0.5) is 5.82 Å². The molecule has 0 bridgehead atoms. The number of carbonyl (C=O) groups excluding carboxylic acids is 3. The summed E-state index contributed by atoms with van der Waals surface area (Å²) in [6, 6.07) is 24.6. The van der Waals surface area contributed by atoms with Crippen LogP contribution in [0.2, 0.25) is 0 Å². The number of rotatable bonds is 24. The lowest BCUT2D eigenvalue weighted by Crippen LogP contribution is -2.53. The zero-order chi connectivity index (χ0) is 49.6. The molecule has 13 nitrogen and oxygen atoms in total. The predicted molar refractivity (Wildman–Crippen MR) is 276 cm³/mol. The molecule has 3 heterocycles. The summed E-state index contributed by atoms with van der Waals surface area (Å²) >= 11 is 1.61. The number of nitrogens with one attached hydrogen (secondary N) is 3. The average Bonchev–Trinajstić information content (AvgIpc) is 3.77. The molecule has 2 aromatic heterocycles. The van der Waals surface area contributed by atoms with E-state index in [1.807, 2.05) is 99.9 Å².